The highest BCUT2D eigenvalue weighted by molar-refractivity contribution is 14.1. The molecule has 1 N–H and O–H groups in total. The van der Waals surface area contributed by atoms with Gasteiger partial charge in [0.25, 0.3) is 0 Å². The number of pyridine rings is 1. The number of ether oxygens (including phenoxy) is 1. The summed E-state index contributed by atoms with van der Waals surface area (Å²) < 4.78 is 52.9. The van der Waals surface area contributed by atoms with Crippen molar-refractivity contribution in [3.8, 4) is 5.75 Å². The molecule has 0 aliphatic heterocycles. The highest BCUT2D eigenvalue weighted by Crippen LogP contribution is 2.31. The number of aromatic nitrogens is 1. The van der Waals surface area contributed by atoms with Gasteiger partial charge in [0.2, 0.25) is 0 Å². The van der Waals surface area contributed by atoms with Gasteiger partial charge in [0.05, 0.1) is 12.1 Å². The second-order valence-corrected chi connectivity index (χ2v) is 4.24. The van der Waals surface area contributed by atoms with Crippen LogP contribution in [0.15, 0.2) is 6.07 Å². The minimum absolute atomic E-state index is 0.186. The molecular formula is C9H6F4INO3. The molecule has 0 radical (unpaired) electrons. The van der Waals surface area contributed by atoms with Crippen LogP contribution >= 0.6 is 22.6 Å². The number of carbonyl (C=O) groups is 1. The van der Waals surface area contributed by atoms with Crippen molar-refractivity contribution in [1.29, 1.82) is 0 Å². The molecule has 9 heteroatoms. The van der Waals surface area contributed by atoms with E-state index in [1.807, 2.05) is 0 Å². The molecule has 1 rings (SSSR count). The largest absolute Gasteiger partial charge is 0.573 e. The SMILES string of the molecule is O=C(O)Cc1nc(I)cc(CF)c1OC(F)(F)F. The van der Waals surface area contributed by atoms with Crippen LogP contribution in [0.5, 0.6) is 5.75 Å². The Kier molecular flexibility index (Phi) is 4.71. The third kappa shape index (κ3) is 4.27. The van der Waals surface area contributed by atoms with Crippen LogP contribution in [0.4, 0.5) is 17.6 Å². The van der Waals surface area contributed by atoms with Crippen LogP contribution in [0, 0.1) is 3.70 Å². The van der Waals surface area contributed by atoms with E-state index in [1.165, 1.54) is 0 Å². The fourth-order valence-electron chi connectivity index (χ4n) is 1.21. The molecule has 0 aliphatic rings. The summed E-state index contributed by atoms with van der Waals surface area (Å²) in [6, 6.07) is 1.06. The maximum atomic E-state index is 12.6. The molecule has 0 unspecified atom stereocenters. The average Bonchev–Trinajstić information content (AvgIpc) is 2.19. The highest BCUT2D eigenvalue weighted by Gasteiger charge is 2.34. The van der Waals surface area contributed by atoms with Gasteiger partial charge in [-0.15, -0.1) is 13.2 Å². The predicted octanol–water partition coefficient (Wildman–Crippen LogP) is 2.68. The second-order valence-electron chi connectivity index (χ2n) is 3.13. The molecule has 0 aromatic carbocycles. The van der Waals surface area contributed by atoms with E-state index in [9.17, 15) is 22.4 Å². The minimum Gasteiger partial charge on any atom is -0.481 e. The molecule has 18 heavy (non-hydrogen) atoms. The lowest BCUT2D eigenvalue weighted by molar-refractivity contribution is -0.275. The maximum Gasteiger partial charge on any atom is 0.573 e. The Hall–Kier alpha value is -1.13. The molecule has 4 nitrogen and oxygen atoms in total. The maximum absolute atomic E-state index is 12.6. The topological polar surface area (TPSA) is 59.4 Å². The number of aliphatic carboxylic acids is 1. The van der Waals surface area contributed by atoms with Crippen LogP contribution in [0.3, 0.4) is 0 Å². The van der Waals surface area contributed by atoms with E-state index >= 15 is 0 Å². The fraction of sp³-hybridized carbons (Fsp3) is 0.333. The van der Waals surface area contributed by atoms with Gasteiger partial charge in [-0.2, -0.15) is 0 Å². The Bertz CT molecular complexity index is 464. The first-order chi connectivity index (χ1) is 8.23. The van der Waals surface area contributed by atoms with Gasteiger partial charge >= 0.3 is 12.3 Å². The van der Waals surface area contributed by atoms with Crippen LogP contribution in [0.25, 0.3) is 0 Å². The van der Waals surface area contributed by atoms with Gasteiger partial charge in [0.1, 0.15) is 10.4 Å². The third-order valence-electron chi connectivity index (χ3n) is 1.77. The molecule has 0 saturated carbocycles. The van der Waals surface area contributed by atoms with E-state index in [4.69, 9.17) is 5.11 Å². The molecule has 1 aromatic heterocycles. The molecule has 0 bridgehead atoms. The first-order valence-electron chi connectivity index (χ1n) is 4.44. The molecule has 1 aromatic rings. The zero-order valence-electron chi connectivity index (χ0n) is 8.59. The van der Waals surface area contributed by atoms with Crippen LogP contribution in [0.2, 0.25) is 0 Å². The van der Waals surface area contributed by atoms with E-state index in [2.05, 4.69) is 9.72 Å². The van der Waals surface area contributed by atoms with Gasteiger partial charge in [-0.1, -0.05) is 0 Å². The predicted molar refractivity (Wildman–Crippen MR) is 59.8 cm³/mol. The summed E-state index contributed by atoms with van der Waals surface area (Å²) in [6.07, 6.45) is -5.82. The summed E-state index contributed by atoms with van der Waals surface area (Å²) in [5.74, 6) is -2.27. The number of carboxylic acid groups (broad SMARTS) is 1. The van der Waals surface area contributed by atoms with E-state index in [0.717, 1.165) is 6.07 Å². The Morgan fingerprint density at radius 3 is 2.56 bits per heavy atom. The number of halogens is 5. The normalized spacial score (nSPS) is 11.4. The molecule has 100 valence electrons. The second kappa shape index (κ2) is 5.67. The third-order valence-corrected chi connectivity index (χ3v) is 2.32. The minimum atomic E-state index is -5.04. The summed E-state index contributed by atoms with van der Waals surface area (Å²) >= 11 is 1.65. The summed E-state index contributed by atoms with van der Waals surface area (Å²) in [4.78, 5) is 14.1. The number of carboxylic acids is 1. The van der Waals surface area contributed by atoms with Crippen molar-refractivity contribution in [2.45, 2.75) is 19.5 Å². The summed E-state index contributed by atoms with van der Waals surface area (Å²) in [5, 5.41) is 8.57. The lowest BCUT2D eigenvalue weighted by Gasteiger charge is -2.15. The molecule has 0 saturated heterocycles. The summed E-state index contributed by atoms with van der Waals surface area (Å²) in [7, 11) is 0. The molecule has 0 fully saturated rings. The average molecular weight is 379 g/mol. The molecule has 0 amide bonds. The molecule has 0 atom stereocenters. The standard InChI is InChI=1S/C9H6F4INO3/c10-3-4-1-6(14)15-5(2-7(16)17)8(4)18-9(11,12)13/h1H,2-3H2,(H,16,17). The van der Waals surface area contributed by atoms with Gasteiger partial charge in [-0.25, -0.2) is 9.37 Å². The number of rotatable bonds is 4. The van der Waals surface area contributed by atoms with Crippen LogP contribution in [-0.2, 0) is 17.9 Å². The lowest BCUT2D eigenvalue weighted by atomic mass is 10.2. The molecule has 0 aliphatic carbocycles. The van der Waals surface area contributed by atoms with Gasteiger partial charge in [0.15, 0.2) is 5.75 Å². The quantitative estimate of drug-likeness (QED) is 0.497. The van der Waals surface area contributed by atoms with Crippen molar-refractivity contribution < 1.29 is 32.2 Å². The number of hydrogen-bond acceptors (Lipinski definition) is 3. The number of nitrogens with zero attached hydrogens (tertiary/aromatic N) is 1. The molecule has 0 spiro atoms. The molecular weight excluding hydrogens is 373 g/mol. The zero-order chi connectivity index (χ0) is 13.9. The first kappa shape index (κ1) is 14.9. The lowest BCUT2D eigenvalue weighted by Crippen LogP contribution is -2.20. The number of hydrogen-bond donors (Lipinski definition) is 1. The van der Waals surface area contributed by atoms with Crippen molar-refractivity contribution in [3.05, 3.63) is 21.0 Å². The Balaban J connectivity index is 3.28. The van der Waals surface area contributed by atoms with Gasteiger partial charge < -0.3 is 9.84 Å². The van der Waals surface area contributed by atoms with Crippen LogP contribution in [-0.4, -0.2) is 22.4 Å². The van der Waals surface area contributed by atoms with Crippen molar-refractivity contribution in [2.24, 2.45) is 0 Å². The summed E-state index contributed by atoms with van der Waals surface area (Å²) in [6.45, 7) is -1.21. The van der Waals surface area contributed by atoms with E-state index in [0.29, 0.717) is 0 Å². The summed E-state index contributed by atoms with van der Waals surface area (Å²) in [5.41, 5.74) is -0.845. The monoisotopic (exact) mass is 379 g/mol. The first-order valence-corrected chi connectivity index (χ1v) is 5.52. The van der Waals surface area contributed by atoms with E-state index in [-0.39, 0.29) is 9.26 Å². The van der Waals surface area contributed by atoms with Gasteiger partial charge in [0, 0.05) is 5.56 Å². The fourth-order valence-corrected chi connectivity index (χ4v) is 1.88. The van der Waals surface area contributed by atoms with Crippen molar-refractivity contribution in [3.63, 3.8) is 0 Å². The van der Waals surface area contributed by atoms with Crippen molar-refractivity contribution in [1.82, 2.24) is 4.98 Å². The smallest absolute Gasteiger partial charge is 0.481 e. The Morgan fingerprint density at radius 2 is 2.11 bits per heavy atom. The van der Waals surface area contributed by atoms with Crippen LogP contribution < -0.4 is 4.74 Å². The van der Waals surface area contributed by atoms with Crippen molar-refractivity contribution >= 4 is 28.6 Å². The zero-order valence-corrected chi connectivity index (χ0v) is 10.7. The van der Waals surface area contributed by atoms with Crippen LogP contribution in [0.1, 0.15) is 11.3 Å². The number of alkyl halides is 4. The highest BCUT2D eigenvalue weighted by atomic mass is 127. The van der Waals surface area contributed by atoms with Gasteiger partial charge in [-0.05, 0) is 28.7 Å². The van der Waals surface area contributed by atoms with E-state index in [1.54, 1.807) is 22.6 Å². The Labute approximate surface area is 112 Å². The molecule has 1 heterocycles. The Morgan fingerprint density at radius 1 is 1.50 bits per heavy atom. The van der Waals surface area contributed by atoms with Gasteiger partial charge in [-0.3, -0.25) is 4.79 Å². The van der Waals surface area contributed by atoms with Crippen molar-refractivity contribution in [2.75, 3.05) is 0 Å². The van der Waals surface area contributed by atoms with E-state index < -0.39 is 36.9 Å².